The van der Waals surface area contributed by atoms with E-state index < -0.39 is 5.54 Å². The molecule has 24 heavy (non-hydrogen) atoms. The van der Waals surface area contributed by atoms with Crippen molar-refractivity contribution in [3.05, 3.63) is 53.9 Å². The molecular weight excluding hydrogens is 306 g/mol. The minimum absolute atomic E-state index is 0.166. The number of benzene rings is 1. The molecule has 0 radical (unpaired) electrons. The highest BCUT2D eigenvalue weighted by Crippen LogP contribution is 2.29. The molecule has 0 saturated carbocycles. The number of pyridine rings is 1. The van der Waals surface area contributed by atoms with Crippen LogP contribution in [-0.2, 0) is 0 Å². The molecule has 1 aromatic carbocycles. The molecule has 6 nitrogen and oxygen atoms in total. The van der Waals surface area contributed by atoms with Gasteiger partial charge in [-0.15, -0.1) is 0 Å². The van der Waals surface area contributed by atoms with E-state index in [0.29, 0.717) is 6.54 Å². The number of hydrogen-bond donors (Lipinski definition) is 2. The summed E-state index contributed by atoms with van der Waals surface area (Å²) in [5.41, 5.74) is 0.406. The van der Waals surface area contributed by atoms with Crippen LogP contribution in [0.15, 0.2) is 47.6 Å². The number of hydrogen-bond acceptors (Lipinski definition) is 5. The predicted molar refractivity (Wildman–Crippen MR) is 92.9 cm³/mol. The van der Waals surface area contributed by atoms with Gasteiger partial charge < -0.3 is 15.2 Å². The fourth-order valence-electron chi connectivity index (χ4n) is 2.00. The highest BCUT2D eigenvalue weighted by molar-refractivity contribution is 5.97. The Labute approximate surface area is 141 Å². The maximum absolute atomic E-state index is 12.3. The lowest BCUT2D eigenvalue weighted by Gasteiger charge is -2.20. The Morgan fingerprint density at radius 2 is 2.12 bits per heavy atom. The third-order valence-electron chi connectivity index (χ3n) is 3.38. The molecular formula is C18H21N3O3. The molecule has 0 aliphatic heterocycles. The van der Waals surface area contributed by atoms with E-state index in [4.69, 9.17) is 4.74 Å². The summed E-state index contributed by atoms with van der Waals surface area (Å²) in [5.74, 6) is -0.296. The van der Waals surface area contributed by atoms with Crippen molar-refractivity contribution in [2.75, 3.05) is 13.7 Å². The van der Waals surface area contributed by atoms with E-state index in [-0.39, 0.29) is 23.0 Å². The number of para-hydroxylation sites is 1. The van der Waals surface area contributed by atoms with Crippen LogP contribution < -0.4 is 10.1 Å². The molecule has 0 unspecified atom stereocenters. The number of phenolic OH excluding ortho intramolecular Hbond substituents is 1. The second kappa shape index (κ2) is 7.59. The molecule has 6 heteroatoms. The van der Waals surface area contributed by atoms with Crippen molar-refractivity contribution < 1.29 is 14.6 Å². The minimum atomic E-state index is -0.512. The van der Waals surface area contributed by atoms with Crippen LogP contribution in [0.1, 0.15) is 29.9 Å². The largest absolute Gasteiger partial charge is 0.504 e. The second-order valence-electron chi connectivity index (χ2n) is 5.86. The van der Waals surface area contributed by atoms with Crippen LogP contribution in [0.4, 0.5) is 0 Å². The van der Waals surface area contributed by atoms with Crippen molar-refractivity contribution in [1.82, 2.24) is 10.3 Å². The third kappa shape index (κ3) is 4.55. The van der Waals surface area contributed by atoms with Crippen LogP contribution in [0.5, 0.6) is 11.5 Å². The van der Waals surface area contributed by atoms with Gasteiger partial charge in [0.05, 0.1) is 23.9 Å². The van der Waals surface area contributed by atoms with Gasteiger partial charge in [-0.2, -0.15) is 0 Å². The summed E-state index contributed by atoms with van der Waals surface area (Å²) in [5, 5.41) is 12.8. The van der Waals surface area contributed by atoms with Gasteiger partial charge in [-0.25, -0.2) is 0 Å². The highest BCUT2D eigenvalue weighted by Gasteiger charge is 2.20. The lowest BCUT2D eigenvalue weighted by molar-refractivity contribution is 0.0943. The first-order valence-corrected chi connectivity index (χ1v) is 7.53. The Kier molecular flexibility index (Phi) is 5.52. The average molecular weight is 327 g/mol. The van der Waals surface area contributed by atoms with Gasteiger partial charge in [0, 0.05) is 19.0 Å². The molecule has 1 amide bonds. The van der Waals surface area contributed by atoms with Gasteiger partial charge in [-0.1, -0.05) is 12.1 Å². The number of carbonyl (C=O) groups is 1. The highest BCUT2D eigenvalue weighted by atomic mass is 16.5. The van der Waals surface area contributed by atoms with Crippen LogP contribution >= 0.6 is 0 Å². The number of ether oxygens (including phenoxy) is 1. The van der Waals surface area contributed by atoms with Crippen LogP contribution in [0.2, 0.25) is 0 Å². The summed E-state index contributed by atoms with van der Waals surface area (Å²) < 4.78 is 5.01. The molecule has 0 atom stereocenters. The average Bonchev–Trinajstić information content (AvgIpc) is 2.59. The number of rotatable bonds is 6. The normalized spacial score (nSPS) is 11.5. The Bertz CT molecular complexity index is 728. The monoisotopic (exact) mass is 327 g/mol. The smallest absolute Gasteiger partial charge is 0.255 e. The predicted octanol–water partition coefficient (Wildman–Crippen LogP) is 2.42. The number of aromatic nitrogens is 1. The zero-order chi connectivity index (χ0) is 17.6. The maximum Gasteiger partial charge on any atom is 0.255 e. The molecule has 0 aliphatic rings. The summed E-state index contributed by atoms with van der Waals surface area (Å²) in [6.07, 6.45) is 3.37. The van der Waals surface area contributed by atoms with Crippen molar-refractivity contribution in [3.8, 4) is 11.5 Å². The molecule has 0 aliphatic carbocycles. The first-order valence-electron chi connectivity index (χ1n) is 7.53. The van der Waals surface area contributed by atoms with Crippen molar-refractivity contribution in [2.45, 2.75) is 19.4 Å². The number of carbonyl (C=O) groups excluding carboxylic acids is 1. The quantitative estimate of drug-likeness (QED) is 0.798. The summed E-state index contributed by atoms with van der Waals surface area (Å²) in [4.78, 5) is 20.9. The van der Waals surface area contributed by atoms with E-state index in [2.05, 4.69) is 15.3 Å². The van der Waals surface area contributed by atoms with Crippen LogP contribution in [0.3, 0.4) is 0 Å². The van der Waals surface area contributed by atoms with Gasteiger partial charge in [-0.05, 0) is 38.1 Å². The second-order valence-corrected chi connectivity index (χ2v) is 5.86. The van der Waals surface area contributed by atoms with E-state index in [1.54, 1.807) is 24.5 Å². The van der Waals surface area contributed by atoms with Gasteiger partial charge in [0.25, 0.3) is 5.91 Å². The van der Waals surface area contributed by atoms with Gasteiger partial charge in [0.15, 0.2) is 11.5 Å². The zero-order valence-electron chi connectivity index (χ0n) is 14.0. The minimum Gasteiger partial charge on any atom is -0.504 e. The van der Waals surface area contributed by atoms with E-state index in [1.165, 1.54) is 13.2 Å². The van der Waals surface area contributed by atoms with E-state index in [9.17, 15) is 9.90 Å². The molecule has 2 rings (SSSR count). The summed E-state index contributed by atoms with van der Waals surface area (Å²) in [6, 6.07) is 10.4. The SMILES string of the molecule is COc1cccc(C(=O)NCC(C)(C)N=Cc2ccccn2)c1O. The Balaban J connectivity index is 2.01. The molecule has 0 saturated heterocycles. The van der Waals surface area contributed by atoms with Crippen LogP contribution in [0.25, 0.3) is 0 Å². The molecule has 1 aromatic heterocycles. The number of methoxy groups -OCH3 is 1. The molecule has 0 bridgehead atoms. The summed E-state index contributed by atoms with van der Waals surface area (Å²) in [7, 11) is 1.44. The van der Waals surface area contributed by atoms with Crippen molar-refractivity contribution in [3.63, 3.8) is 0 Å². The first-order chi connectivity index (χ1) is 11.4. The lowest BCUT2D eigenvalue weighted by Crippen LogP contribution is -2.37. The molecule has 126 valence electrons. The van der Waals surface area contributed by atoms with Crippen LogP contribution in [-0.4, -0.2) is 41.4 Å². The lowest BCUT2D eigenvalue weighted by atomic mass is 10.1. The van der Waals surface area contributed by atoms with Crippen molar-refractivity contribution in [1.29, 1.82) is 0 Å². The number of aliphatic imine (C=N–C) groups is 1. The van der Waals surface area contributed by atoms with Crippen molar-refractivity contribution in [2.24, 2.45) is 4.99 Å². The number of nitrogens with zero attached hydrogens (tertiary/aromatic N) is 2. The standard InChI is InChI=1S/C18H21N3O3/c1-18(2,21-11-13-7-4-5-10-19-13)12-20-17(23)14-8-6-9-15(24-3)16(14)22/h4-11,22H,12H2,1-3H3,(H,20,23). The van der Waals surface area contributed by atoms with Crippen LogP contribution in [0, 0.1) is 0 Å². The van der Waals surface area contributed by atoms with Crippen molar-refractivity contribution >= 4 is 12.1 Å². The number of amides is 1. The maximum atomic E-state index is 12.3. The Morgan fingerprint density at radius 3 is 2.79 bits per heavy atom. The van der Waals surface area contributed by atoms with Gasteiger partial charge in [-0.3, -0.25) is 14.8 Å². The van der Waals surface area contributed by atoms with Gasteiger partial charge in [0.1, 0.15) is 0 Å². The fourth-order valence-corrected chi connectivity index (χ4v) is 2.00. The van der Waals surface area contributed by atoms with E-state index >= 15 is 0 Å². The molecule has 2 aromatic rings. The number of aromatic hydroxyl groups is 1. The first kappa shape index (κ1) is 17.5. The fraction of sp³-hybridized carbons (Fsp3) is 0.278. The molecule has 0 fully saturated rings. The number of phenols is 1. The Hall–Kier alpha value is -2.89. The van der Waals surface area contributed by atoms with Gasteiger partial charge >= 0.3 is 0 Å². The topological polar surface area (TPSA) is 83.8 Å². The summed E-state index contributed by atoms with van der Waals surface area (Å²) >= 11 is 0. The Morgan fingerprint density at radius 1 is 1.33 bits per heavy atom. The van der Waals surface area contributed by atoms with E-state index in [1.807, 2.05) is 32.0 Å². The molecule has 1 heterocycles. The van der Waals surface area contributed by atoms with E-state index in [0.717, 1.165) is 5.69 Å². The number of nitrogens with one attached hydrogen (secondary N) is 1. The van der Waals surface area contributed by atoms with Gasteiger partial charge in [0.2, 0.25) is 0 Å². The molecule has 2 N–H and O–H groups in total. The molecule has 0 spiro atoms. The summed E-state index contributed by atoms with van der Waals surface area (Å²) in [6.45, 7) is 4.11. The third-order valence-corrected chi connectivity index (χ3v) is 3.38. The zero-order valence-corrected chi connectivity index (χ0v) is 14.0.